The topological polar surface area (TPSA) is 29.4 Å². The Morgan fingerprint density at radius 1 is 1.64 bits per heavy atom. The number of halogens is 2. The molecule has 0 amide bonds. The van der Waals surface area contributed by atoms with Crippen LogP contribution in [0, 0.1) is 0 Å². The smallest absolute Gasteiger partial charge is 0.139 e. The quantitative estimate of drug-likeness (QED) is 0.787. The molecule has 0 fully saturated rings. The zero-order valence-electron chi connectivity index (χ0n) is 7.54. The molecule has 1 aromatic rings. The van der Waals surface area contributed by atoms with Gasteiger partial charge in [0.2, 0.25) is 0 Å². The summed E-state index contributed by atoms with van der Waals surface area (Å²) in [6.45, 7) is 1.82. The van der Waals surface area contributed by atoms with Crippen LogP contribution in [0.4, 0.5) is 0 Å². The Kier molecular flexibility index (Phi) is 4.78. The lowest BCUT2D eigenvalue weighted by Crippen LogP contribution is -1.90. The summed E-state index contributed by atoms with van der Waals surface area (Å²) >= 11 is 9.24. The minimum Gasteiger partial charge on any atom is -0.235 e. The van der Waals surface area contributed by atoms with Crippen LogP contribution in [-0.2, 0) is 11.0 Å². The van der Waals surface area contributed by atoms with Gasteiger partial charge in [-0.15, -0.1) is 0 Å². The number of nitrogens with zero attached hydrogens (tertiary/aromatic N) is 1. The van der Waals surface area contributed by atoms with E-state index in [2.05, 4.69) is 20.3 Å². The molecule has 0 aliphatic rings. The Morgan fingerprint density at radius 2 is 2.36 bits per heavy atom. The molecule has 1 unspecified atom stereocenters. The predicted molar refractivity (Wildman–Crippen MR) is 65.4 cm³/mol. The zero-order valence-corrected chi connectivity index (χ0v) is 10.7. The van der Waals surface area contributed by atoms with Crippen molar-refractivity contribution in [3.05, 3.63) is 33.3 Å². The molecule has 0 saturated carbocycles. The molecule has 1 atom stereocenters. The summed E-state index contributed by atoms with van der Waals surface area (Å²) in [4.78, 5) is 0. The van der Waals surface area contributed by atoms with E-state index in [0.29, 0.717) is 10.8 Å². The normalized spacial score (nSPS) is 13.4. The highest BCUT2D eigenvalue weighted by atomic mass is 79.9. The zero-order chi connectivity index (χ0) is 10.6. The van der Waals surface area contributed by atoms with Gasteiger partial charge in [0, 0.05) is 22.0 Å². The van der Waals surface area contributed by atoms with Gasteiger partial charge < -0.3 is 0 Å². The third kappa shape index (κ3) is 3.52. The first-order valence-electron chi connectivity index (χ1n) is 4.01. The molecule has 0 spiro atoms. The summed E-state index contributed by atoms with van der Waals surface area (Å²) in [6, 6.07) is 5.46. The maximum Gasteiger partial charge on any atom is 0.139 e. The lowest BCUT2D eigenvalue weighted by molar-refractivity contribution is 0.685. The Hall–Kier alpha value is -0.190. The van der Waals surface area contributed by atoms with Gasteiger partial charge in [-0.2, -0.15) is 4.40 Å². The molecule has 0 heterocycles. The predicted octanol–water partition coefficient (Wildman–Crippen LogP) is 3.21. The summed E-state index contributed by atoms with van der Waals surface area (Å²) in [7, 11) is -1.14. The molecule has 0 aliphatic heterocycles. The highest BCUT2D eigenvalue weighted by Crippen LogP contribution is 2.19. The van der Waals surface area contributed by atoms with Crippen LogP contribution in [0.5, 0.6) is 0 Å². The molecule has 2 nitrogen and oxygen atoms in total. The van der Waals surface area contributed by atoms with Crippen LogP contribution in [0.2, 0.25) is 5.02 Å². The number of hydrogen-bond acceptors (Lipinski definition) is 1. The van der Waals surface area contributed by atoms with E-state index < -0.39 is 11.0 Å². The van der Waals surface area contributed by atoms with Gasteiger partial charge in [0.15, 0.2) is 0 Å². The van der Waals surface area contributed by atoms with Crippen molar-refractivity contribution >= 4 is 44.7 Å². The van der Waals surface area contributed by atoms with Crippen molar-refractivity contribution in [1.29, 1.82) is 0 Å². The van der Waals surface area contributed by atoms with Crippen LogP contribution < -0.4 is 0 Å². The molecule has 0 radical (unpaired) electrons. The van der Waals surface area contributed by atoms with Crippen molar-refractivity contribution < 1.29 is 4.21 Å². The molecule has 1 aromatic carbocycles. The van der Waals surface area contributed by atoms with Crippen LogP contribution in [0.1, 0.15) is 12.5 Å². The average Bonchev–Trinajstić information content (AvgIpc) is 2.16. The van der Waals surface area contributed by atoms with E-state index in [1.807, 2.05) is 19.1 Å². The van der Waals surface area contributed by atoms with E-state index in [9.17, 15) is 4.21 Å². The fraction of sp³-hybridized carbons (Fsp3) is 0.222. The Morgan fingerprint density at radius 3 is 2.93 bits per heavy atom. The molecular formula is C9H9BrClNOS. The van der Waals surface area contributed by atoms with Gasteiger partial charge in [0.05, 0.1) is 5.02 Å². The number of benzene rings is 1. The van der Waals surface area contributed by atoms with Crippen molar-refractivity contribution in [1.82, 2.24) is 0 Å². The van der Waals surface area contributed by atoms with Gasteiger partial charge in [-0.05, 0) is 12.1 Å². The largest absolute Gasteiger partial charge is 0.235 e. The molecule has 0 aromatic heterocycles. The SMILES string of the molecule is CCS(=O)/N=C/c1ccc(Br)cc1Cl. The first-order valence-corrected chi connectivity index (χ1v) is 6.45. The lowest BCUT2D eigenvalue weighted by Gasteiger charge is -1.97. The van der Waals surface area contributed by atoms with E-state index in [1.54, 1.807) is 6.07 Å². The van der Waals surface area contributed by atoms with E-state index in [0.717, 1.165) is 10.0 Å². The monoisotopic (exact) mass is 293 g/mol. The fourth-order valence-electron chi connectivity index (χ4n) is 0.796. The summed E-state index contributed by atoms with van der Waals surface area (Å²) < 4.78 is 15.8. The minimum absolute atomic E-state index is 0.518. The molecule has 0 aliphatic carbocycles. The van der Waals surface area contributed by atoms with Gasteiger partial charge >= 0.3 is 0 Å². The van der Waals surface area contributed by atoms with Crippen molar-refractivity contribution in [2.45, 2.75) is 6.92 Å². The molecule has 76 valence electrons. The summed E-state index contributed by atoms with van der Waals surface area (Å²) in [6.07, 6.45) is 1.54. The van der Waals surface area contributed by atoms with Crippen molar-refractivity contribution in [2.75, 3.05) is 5.75 Å². The second kappa shape index (κ2) is 5.63. The molecule has 0 saturated heterocycles. The van der Waals surface area contributed by atoms with Crippen LogP contribution in [-0.4, -0.2) is 16.2 Å². The fourth-order valence-corrected chi connectivity index (χ4v) is 1.90. The Bertz CT molecular complexity index is 381. The van der Waals surface area contributed by atoms with Gasteiger partial charge in [-0.3, -0.25) is 0 Å². The molecular weight excluding hydrogens is 286 g/mol. The third-order valence-corrected chi connectivity index (χ3v) is 3.17. The highest BCUT2D eigenvalue weighted by molar-refractivity contribution is 9.10. The van der Waals surface area contributed by atoms with E-state index >= 15 is 0 Å². The van der Waals surface area contributed by atoms with Gasteiger partial charge in [-0.25, -0.2) is 4.21 Å². The van der Waals surface area contributed by atoms with Crippen molar-refractivity contribution in [2.24, 2.45) is 4.40 Å². The summed E-state index contributed by atoms with van der Waals surface area (Å²) in [5, 5.41) is 0.594. The van der Waals surface area contributed by atoms with Crippen molar-refractivity contribution in [3.63, 3.8) is 0 Å². The maximum atomic E-state index is 11.0. The molecule has 1 rings (SSSR count). The molecule has 0 bridgehead atoms. The van der Waals surface area contributed by atoms with Gasteiger partial charge in [0.25, 0.3) is 0 Å². The van der Waals surface area contributed by atoms with Crippen LogP contribution in [0.15, 0.2) is 27.1 Å². The van der Waals surface area contributed by atoms with E-state index in [1.165, 1.54) is 6.21 Å². The van der Waals surface area contributed by atoms with Crippen molar-refractivity contribution in [3.8, 4) is 0 Å². The van der Waals surface area contributed by atoms with Gasteiger partial charge in [0.1, 0.15) is 11.0 Å². The van der Waals surface area contributed by atoms with Crippen LogP contribution >= 0.6 is 27.5 Å². The Balaban J connectivity index is 2.87. The molecule has 14 heavy (non-hydrogen) atoms. The molecule has 5 heteroatoms. The minimum atomic E-state index is -1.14. The standard InChI is InChI=1S/C9H9BrClNOS/c1-2-14(13)12-6-7-3-4-8(10)5-9(7)11/h3-6H,2H2,1H3/b12-6+. The second-order valence-corrected chi connectivity index (χ2v) is 5.26. The lowest BCUT2D eigenvalue weighted by atomic mass is 10.2. The third-order valence-electron chi connectivity index (χ3n) is 1.52. The van der Waals surface area contributed by atoms with E-state index in [-0.39, 0.29) is 0 Å². The van der Waals surface area contributed by atoms with E-state index in [4.69, 9.17) is 11.6 Å². The molecule has 0 N–H and O–H groups in total. The van der Waals surface area contributed by atoms with Gasteiger partial charge in [-0.1, -0.05) is 40.5 Å². The highest BCUT2D eigenvalue weighted by Gasteiger charge is 1.98. The first kappa shape index (κ1) is 11.9. The first-order chi connectivity index (χ1) is 6.63. The Labute approximate surface area is 99.1 Å². The number of hydrogen-bond donors (Lipinski definition) is 0. The maximum absolute atomic E-state index is 11.0. The van der Waals surface area contributed by atoms with Crippen LogP contribution in [0.3, 0.4) is 0 Å². The average molecular weight is 295 g/mol. The summed E-state index contributed by atoms with van der Waals surface area (Å²) in [5.74, 6) is 0.518. The second-order valence-electron chi connectivity index (χ2n) is 2.51. The summed E-state index contributed by atoms with van der Waals surface area (Å²) in [5.41, 5.74) is 0.775. The van der Waals surface area contributed by atoms with Crippen LogP contribution in [0.25, 0.3) is 0 Å². The number of rotatable bonds is 3.